The molecule has 1 aromatic carbocycles. The van der Waals surface area contributed by atoms with Gasteiger partial charge in [0.15, 0.2) is 0 Å². The number of carbonyl (C=O) groups is 2. The zero-order valence-electron chi connectivity index (χ0n) is 21.7. The van der Waals surface area contributed by atoms with E-state index in [2.05, 4.69) is 6.07 Å². The van der Waals surface area contributed by atoms with Crippen molar-refractivity contribution in [3.8, 4) is 5.75 Å². The van der Waals surface area contributed by atoms with Crippen molar-refractivity contribution in [1.29, 1.82) is 0 Å². The molecule has 1 aromatic heterocycles. The average Bonchev–Trinajstić information content (AvgIpc) is 3.50. The molecule has 37 heavy (non-hydrogen) atoms. The number of ether oxygens (including phenoxy) is 1. The summed E-state index contributed by atoms with van der Waals surface area (Å²) < 4.78 is 7.23. The van der Waals surface area contributed by atoms with E-state index in [0.717, 1.165) is 36.1 Å². The predicted octanol–water partition coefficient (Wildman–Crippen LogP) is 2.92. The van der Waals surface area contributed by atoms with E-state index < -0.39 is 17.9 Å². The Kier molecular flexibility index (Phi) is 9.00. The van der Waals surface area contributed by atoms with Crippen LogP contribution in [0.25, 0.3) is 0 Å². The molecule has 0 aliphatic carbocycles. The van der Waals surface area contributed by atoms with E-state index in [-0.39, 0.29) is 23.9 Å². The van der Waals surface area contributed by atoms with Gasteiger partial charge in [0.2, 0.25) is 5.56 Å². The van der Waals surface area contributed by atoms with Crippen molar-refractivity contribution in [1.82, 2.24) is 14.5 Å². The number of amides is 1. The molecule has 1 fully saturated rings. The van der Waals surface area contributed by atoms with E-state index in [9.17, 15) is 19.5 Å². The molecule has 1 amide bonds. The third-order valence-electron chi connectivity index (χ3n) is 7.23. The van der Waals surface area contributed by atoms with E-state index in [1.54, 1.807) is 22.9 Å². The third kappa shape index (κ3) is 6.22. The molecular formula is C28H37N3O6. The number of carboxylic acids is 1. The highest BCUT2D eigenvalue weighted by atomic mass is 16.7. The lowest BCUT2D eigenvalue weighted by Crippen LogP contribution is -2.45. The van der Waals surface area contributed by atoms with E-state index >= 15 is 0 Å². The number of hydrogen-bond donors (Lipinski definition) is 1. The first-order valence-corrected chi connectivity index (χ1v) is 13.2. The molecule has 1 N–H and O–H groups in total. The fourth-order valence-corrected chi connectivity index (χ4v) is 5.46. The van der Waals surface area contributed by atoms with Gasteiger partial charge in [0.25, 0.3) is 5.91 Å². The summed E-state index contributed by atoms with van der Waals surface area (Å²) in [5.74, 6) is -1.23. The van der Waals surface area contributed by atoms with Crippen molar-refractivity contribution in [2.45, 2.75) is 58.0 Å². The number of rotatable bonds is 12. The van der Waals surface area contributed by atoms with E-state index in [1.165, 1.54) is 11.1 Å². The summed E-state index contributed by atoms with van der Waals surface area (Å²) in [5.41, 5.74) is 1.90. The molecule has 0 radical (unpaired) electrons. The predicted molar refractivity (Wildman–Crippen MR) is 138 cm³/mol. The molecular weight excluding hydrogens is 474 g/mol. The number of carbonyl (C=O) groups excluding carboxylic acids is 1. The number of pyridine rings is 1. The number of hydrogen-bond acceptors (Lipinski definition) is 6. The number of aryl methyl sites for hydroxylation is 1. The zero-order chi connectivity index (χ0) is 26.4. The Morgan fingerprint density at radius 2 is 2.03 bits per heavy atom. The van der Waals surface area contributed by atoms with Crippen LogP contribution < -0.4 is 10.3 Å². The zero-order valence-corrected chi connectivity index (χ0v) is 21.7. The lowest BCUT2D eigenvalue weighted by molar-refractivity contribution is -0.188. The standard InChI is InChI=1S/C28H37N3O6/c1-3-12-31(37-15-4-2)26(33)19-30-18-22(20-8-9-24-21(17-20)11-16-36-24)27(28(34)35)23(30)10-14-29-13-6-5-7-25(29)32/h5-9,13,17,22-23,27H,3-4,10-12,14-16,18-19H2,1-2H3,(H,34,35)/t22-,23+,27-/m1/s1. The van der Waals surface area contributed by atoms with Crippen LogP contribution in [0.2, 0.25) is 0 Å². The van der Waals surface area contributed by atoms with Crippen LogP contribution in [0.3, 0.4) is 0 Å². The van der Waals surface area contributed by atoms with E-state index in [4.69, 9.17) is 9.57 Å². The fourth-order valence-electron chi connectivity index (χ4n) is 5.46. The average molecular weight is 512 g/mol. The first-order valence-electron chi connectivity index (χ1n) is 13.2. The van der Waals surface area contributed by atoms with E-state index in [1.807, 2.05) is 30.9 Å². The highest BCUT2D eigenvalue weighted by Crippen LogP contribution is 2.41. The smallest absolute Gasteiger partial charge is 0.308 e. The lowest BCUT2D eigenvalue weighted by Gasteiger charge is -2.29. The van der Waals surface area contributed by atoms with Crippen molar-refractivity contribution in [3.05, 3.63) is 64.1 Å². The molecule has 0 spiro atoms. The monoisotopic (exact) mass is 511 g/mol. The first-order chi connectivity index (χ1) is 17.9. The number of fused-ring (bicyclic) bond motifs is 1. The first kappa shape index (κ1) is 26.9. The second kappa shape index (κ2) is 12.4. The van der Waals surface area contributed by atoms with Gasteiger partial charge in [-0.05, 0) is 42.5 Å². The maximum absolute atomic E-state index is 13.3. The number of aromatic nitrogens is 1. The number of aliphatic carboxylic acids is 1. The Hall–Kier alpha value is -3.17. The second-order valence-corrected chi connectivity index (χ2v) is 9.78. The Morgan fingerprint density at radius 3 is 2.76 bits per heavy atom. The normalized spacial score (nSPS) is 21.0. The molecule has 1 saturated heterocycles. The van der Waals surface area contributed by atoms with Gasteiger partial charge in [0, 0.05) is 50.3 Å². The van der Waals surface area contributed by atoms with Crippen molar-refractivity contribution >= 4 is 11.9 Å². The minimum atomic E-state index is -0.894. The van der Waals surface area contributed by atoms with Gasteiger partial charge in [-0.1, -0.05) is 32.0 Å². The molecule has 2 aliphatic heterocycles. The number of nitrogens with zero attached hydrogens (tertiary/aromatic N) is 3. The highest BCUT2D eigenvalue weighted by Gasteiger charge is 2.47. The molecule has 4 rings (SSSR count). The summed E-state index contributed by atoms with van der Waals surface area (Å²) >= 11 is 0. The molecule has 9 nitrogen and oxygen atoms in total. The molecule has 2 aliphatic rings. The van der Waals surface area contributed by atoms with Crippen molar-refractivity contribution in [2.24, 2.45) is 5.92 Å². The van der Waals surface area contributed by atoms with E-state index in [0.29, 0.717) is 39.3 Å². The van der Waals surface area contributed by atoms with Crippen LogP contribution in [0.15, 0.2) is 47.4 Å². The quantitative estimate of drug-likeness (QED) is 0.437. The maximum Gasteiger partial charge on any atom is 0.308 e. The topological polar surface area (TPSA) is 101 Å². The molecule has 0 bridgehead atoms. The van der Waals surface area contributed by atoms with Crippen LogP contribution in [0, 0.1) is 5.92 Å². The molecule has 200 valence electrons. The lowest BCUT2D eigenvalue weighted by atomic mass is 9.83. The van der Waals surface area contributed by atoms with Crippen LogP contribution in [-0.4, -0.2) is 70.4 Å². The minimum absolute atomic E-state index is 0.0619. The van der Waals surface area contributed by atoms with Crippen LogP contribution in [-0.2, 0) is 27.4 Å². The SMILES string of the molecule is CCCON(CCC)C(=O)CN1C[C@H](c2ccc3c(c2)CCO3)[C@@H](C(=O)O)[C@@H]1CCn1ccccc1=O. The van der Waals surface area contributed by atoms with Crippen LogP contribution in [0.5, 0.6) is 5.75 Å². The van der Waals surface area contributed by atoms with Crippen LogP contribution >= 0.6 is 0 Å². The number of hydroxylamine groups is 2. The summed E-state index contributed by atoms with van der Waals surface area (Å²) in [4.78, 5) is 45.9. The highest BCUT2D eigenvalue weighted by molar-refractivity contribution is 5.78. The molecule has 0 unspecified atom stereocenters. The largest absolute Gasteiger partial charge is 0.493 e. The van der Waals surface area contributed by atoms with Crippen molar-refractivity contribution in [2.75, 3.05) is 32.8 Å². The fraction of sp³-hybridized carbons (Fsp3) is 0.536. The molecule has 3 heterocycles. The second-order valence-electron chi connectivity index (χ2n) is 9.78. The van der Waals surface area contributed by atoms with Gasteiger partial charge in [0.1, 0.15) is 5.75 Å². The molecule has 3 atom stereocenters. The van der Waals surface area contributed by atoms with Crippen LogP contribution in [0.4, 0.5) is 0 Å². The number of carboxylic acid groups (broad SMARTS) is 1. The molecule has 0 saturated carbocycles. The van der Waals surface area contributed by atoms with Crippen molar-refractivity contribution in [3.63, 3.8) is 0 Å². The minimum Gasteiger partial charge on any atom is -0.493 e. The summed E-state index contributed by atoms with van der Waals surface area (Å²) in [6.45, 7) is 6.40. The van der Waals surface area contributed by atoms with Crippen molar-refractivity contribution < 1.29 is 24.3 Å². The molecule has 9 heteroatoms. The summed E-state index contributed by atoms with van der Waals surface area (Å²) in [6, 6.07) is 10.5. The summed E-state index contributed by atoms with van der Waals surface area (Å²) in [5, 5.41) is 11.8. The Morgan fingerprint density at radius 1 is 1.19 bits per heavy atom. The summed E-state index contributed by atoms with van der Waals surface area (Å²) in [7, 11) is 0. The Bertz CT molecular complexity index is 1150. The third-order valence-corrected chi connectivity index (χ3v) is 7.23. The van der Waals surface area contributed by atoms with Gasteiger partial charge in [-0.25, -0.2) is 5.06 Å². The van der Waals surface area contributed by atoms with Gasteiger partial charge < -0.3 is 14.4 Å². The molecule has 2 aromatic rings. The number of likely N-dealkylation sites (tertiary alicyclic amines) is 1. The summed E-state index contributed by atoms with van der Waals surface area (Å²) in [6.07, 6.45) is 4.49. The number of benzene rings is 1. The van der Waals surface area contributed by atoms with Gasteiger partial charge in [0.05, 0.1) is 25.7 Å². The van der Waals surface area contributed by atoms with Gasteiger partial charge in [-0.3, -0.25) is 24.1 Å². The van der Waals surface area contributed by atoms with Gasteiger partial charge >= 0.3 is 5.97 Å². The van der Waals surface area contributed by atoms with Gasteiger partial charge in [-0.2, -0.15) is 0 Å². The Labute approximate surface area is 217 Å². The van der Waals surface area contributed by atoms with Crippen LogP contribution in [0.1, 0.15) is 50.2 Å². The maximum atomic E-state index is 13.3. The van der Waals surface area contributed by atoms with Gasteiger partial charge in [-0.15, -0.1) is 0 Å². The Balaban J connectivity index is 1.61.